The topological polar surface area (TPSA) is 47.6 Å². The fourth-order valence-electron chi connectivity index (χ4n) is 1.89. The highest BCUT2D eigenvalue weighted by molar-refractivity contribution is 6.30. The van der Waals surface area contributed by atoms with Crippen LogP contribution in [0.3, 0.4) is 0 Å². The first-order chi connectivity index (χ1) is 11.2. The van der Waals surface area contributed by atoms with Crippen LogP contribution in [-0.4, -0.2) is 25.7 Å². The van der Waals surface area contributed by atoms with Crippen LogP contribution in [-0.2, 0) is 0 Å². The summed E-state index contributed by atoms with van der Waals surface area (Å²) in [6.07, 6.45) is 0.954. The van der Waals surface area contributed by atoms with E-state index in [0.29, 0.717) is 30.3 Å². The Labute approximate surface area is 141 Å². The summed E-state index contributed by atoms with van der Waals surface area (Å²) in [5, 5.41) is 3.48. The summed E-state index contributed by atoms with van der Waals surface area (Å²) in [6.45, 7) is 3.54. The number of rotatable bonds is 8. The summed E-state index contributed by atoms with van der Waals surface area (Å²) in [5.41, 5.74) is 0.598. The Kier molecular flexibility index (Phi) is 6.76. The van der Waals surface area contributed by atoms with Crippen LogP contribution in [0.25, 0.3) is 0 Å². The summed E-state index contributed by atoms with van der Waals surface area (Å²) in [7, 11) is 0. The van der Waals surface area contributed by atoms with Crippen molar-refractivity contribution in [3.8, 4) is 11.5 Å². The number of ether oxygens (including phenoxy) is 2. The van der Waals surface area contributed by atoms with E-state index < -0.39 is 0 Å². The van der Waals surface area contributed by atoms with Crippen molar-refractivity contribution in [3.05, 3.63) is 59.1 Å². The molecule has 0 spiro atoms. The zero-order valence-corrected chi connectivity index (χ0v) is 13.8. The van der Waals surface area contributed by atoms with Crippen molar-refractivity contribution in [2.24, 2.45) is 0 Å². The van der Waals surface area contributed by atoms with Gasteiger partial charge in [-0.1, -0.05) is 18.5 Å². The Morgan fingerprint density at radius 2 is 1.52 bits per heavy atom. The zero-order valence-electron chi connectivity index (χ0n) is 13.0. The number of benzene rings is 2. The van der Waals surface area contributed by atoms with E-state index in [2.05, 4.69) is 5.32 Å². The third-order valence-corrected chi connectivity index (χ3v) is 3.31. The largest absolute Gasteiger partial charge is 0.494 e. The van der Waals surface area contributed by atoms with Gasteiger partial charge in [0.25, 0.3) is 5.91 Å². The predicted molar refractivity (Wildman–Crippen MR) is 91.5 cm³/mol. The Hall–Kier alpha value is -2.20. The molecule has 0 saturated heterocycles. The minimum absolute atomic E-state index is 0.133. The van der Waals surface area contributed by atoms with E-state index in [0.717, 1.165) is 17.9 Å². The highest BCUT2D eigenvalue weighted by Crippen LogP contribution is 2.15. The molecule has 0 aromatic heterocycles. The highest BCUT2D eigenvalue weighted by atomic mass is 35.5. The lowest BCUT2D eigenvalue weighted by atomic mass is 10.2. The van der Waals surface area contributed by atoms with Gasteiger partial charge in [0.05, 0.1) is 13.2 Å². The molecule has 0 atom stereocenters. The molecule has 1 N–H and O–H groups in total. The van der Waals surface area contributed by atoms with Crippen molar-refractivity contribution in [3.63, 3.8) is 0 Å². The van der Waals surface area contributed by atoms with E-state index in [1.54, 1.807) is 48.5 Å². The minimum atomic E-state index is -0.133. The molecule has 0 saturated carbocycles. The fraction of sp³-hybridized carbons (Fsp3) is 0.278. The quantitative estimate of drug-likeness (QED) is 0.744. The van der Waals surface area contributed by atoms with Crippen LogP contribution in [0.1, 0.15) is 23.7 Å². The Balaban J connectivity index is 1.72. The predicted octanol–water partition coefficient (Wildman–Crippen LogP) is 3.94. The number of halogens is 1. The van der Waals surface area contributed by atoms with Gasteiger partial charge in [-0.15, -0.1) is 0 Å². The number of hydrogen-bond donors (Lipinski definition) is 1. The van der Waals surface area contributed by atoms with Crippen LogP contribution in [0.2, 0.25) is 5.02 Å². The SMILES string of the molecule is CCCOc1ccc(C(=O)NCCOc2ccc(Cl)cc2)cc1. The molecule has 0 fully saturated rings. The van der Waals surface area contributed by atoms with Gasteiger partial charge in [0.2, 0.25) is 0 Å². The number of carbonyl (C=O) groups is 1. The first-order valence-corrected chi connectivity index (χ1v) is 7.96. The lowest BCUT2D eigenvalue weighted by Crippen LogP contribution is -2.28. The third kappa shape index (κ3) is 5.83. The normalized spacial score (nSPS) is 10.2. The molecule has 2 aromatic rings. The Morgan fingerprint density at radius 1 is 0.957 bits per heavy atom. The number of nitrogens with one attached hydrogen (secondary N) is 1. The molecular weight excluding hydrogens is 314 g/mol. The third-order valence-electron chi connectivity index (χ3n) is 3.06. The molecule has 0 unspecified atom stereocenters. The second-order valence-corrected chi connectivity index (χ2v) is 5.37. The first-order valence-electron chi connectivity index (χ1n) is 7.58. The maximum absolute atomic E-state index is 12.0. The van der Waals surface area contributed by atoms with Gasteiger partial charge in [-0.3, -0.25) is 4.79 Å². The fourth-order valence-corrected chi connectivity index (χ4v) is 2.01. The van der Waals surface area contributed by atoms with E-state index in [-0.39, 0.29) is 5.91 Å². The van der Waals surface area contributed by atoms with Crippen LogP contribution < -0.4 is 14.8 Å². The average Bonchev–Trinajstić information content (AvgIpc) is 2.58. The van der Waals surface area contributed by atoms with E-state index >= 15 is 0 Å². The summed E-state index contributed by atoms with van der Waals surface area (Å²) >= 11 is 5.80. The maximum atomic E-state index is 12.0. The van der Waals surface area contributed by atoms with Gasteiger partial charge in [-0.2, -0.15) is 0 Å². The van der Waals surface area contributed by atoms with Gasteiger partial charge in [-0.05, 0) is 55.0 Å². The Bertz CT molecular complexity index is 611. The second kappa shape index (κ2) is 9.06. The van der Waals surface area contributed by atoms with Crippen LogP contribution in [0.5, 0.6) is 11.5 Å². The van der Waals surface area contributed by atoms with Crippen LogP contribution in [0, 0.1) is 0 Å². The molecule has 2 rings (SSSR count). The number of amides is 1. The molecule has 0 aliphatic carbocycles. The van der Waals surface area contributed by atoms with Gasteiger partial charge in [0, 0.05) is 10.6 Å². The van der Waals surface area contributed by atoms with Crippen LogP contribution in [0.15, 0.2) is 48.5 Å². The minimum Gasteiger partial charge on any atom is -0.494 e. The molecule has 0 bridgehead atoms. The molecule has 0 aliphatic heterocycles. The summed E-state index contributed by atoms with van der Waals surface area (Å²) in [5.74, 6) is 1.36. The standard InChI is InChI=1S/C18H20ClNO3/c1-2-12-22-16-7-3-14(4-8-16)18(21)20-11-13-23-17-9-5-15(19)6-10-17/h3-10H,2,11-13H2,1H3,(H,20,21). The van der Waals surface area contributed by atoms with Gasteiger partial charge in [0.1, 0.15) is 18.1 Å². The van der Waals surface area contributed by atoms with Gasteiger partial charge in [0.15, 0.2) is 0 Å². The average molecular weight is 334 g/mol. The molecule has 2 aromatic carbocycles. The van der Waals surface area contributed by atoms with Crippen molar-refractivity contribution >= 4 is 17.5 Å². The smallest absolute Gasteiger partial charge is 0.251 e. The second-order valence-electron chi connectivity index (χ2n) is 4.93. The van der Waals surface area contributed by atoms with Crippen LogP contribution in [0.4, 0.5) is 0 Å². The first kappa shape index (κ1) is 17.2. The lowest BCUT2D eigenvalue weighted by molar-refractivity contribution is 0.0947. The molecule has 0 aliphatic rings. The van der Waals surface area contributed by atoms with E-state index in [9.17, 15) is 4.79 Å². The van der Waals surface area contributed by atoms with Crippen molar-refractivity contribution in [1.29, 1.82) is 0 Å². The zero-order chi connectivity index (χ0) is 16.5. The van der Waals surface area contributed by atoms with E-state index in [1.165, 1.54) is 0 Å². The molecule has 4 nitrogen and oxygen atoms in total. The molecular formula is C18H20ClNO3. The summed E-state index contributed by atoms with van der Waals surface area (Å²) in [6, 6.07) is 14.2. The molecule has 23 heavy (non-hydrogen) atoms. The van der Waals surface area contributed by atoms with E-state index in [4.69, 9.17) is 21.1 Å². The van der Waals surface area contributed by atoms with Gasteiger partial charge in [-0.25, -0.2) is 0 Å². The van der Waals surface area contributed by atoms with Crippen molar-refractivity contribution < 1.29 is 14.3 Å². The van der Waals surface area contributed by atoms with Gasteiger partial charge >= 0.3 is 0 Å². The highest BCUT2D eigenvalue weighted by Gasteiger charge is 2.05. The Morgan fingerprint density at radius 3 is 2.13 bits per heavy atom. The molecule has 0 radical (unpaired) electrons. The molecule has 1 amide bonds. The summed E-state index contributed by atoms with van der Waals surface area (Å²) < 4.78 is 11.0. The monoisotopic (exact) mass is 333 g/mol. The summed E-state index contributed by atoms with van der Waals surface area (Å²) in [4.78, 5) is 12.0. The van der Waals surface area contributed by atoms with E-state index in [1.807, 2.05) is 6.92 Å². The maximum Gasteiger partial charge on any atom is 0.251 e. The number of carbonyl (C=O) groups excluding carboxylic acids is 1. The van der Waals surface area contributed by atoms with Gasteiger partial charge < -0.3 is 14.8 Å². The lowest BCUT2D eigenvalue weighted by Gasteiger charge is -2.09. The van der Waals surface area contributed by atoms with Crippen molar-refractivity contribution in [2.75, 3.05) is 19.8 Å². The molecule has 5 heteroatoms. The molecule has 0 heterocycles. The van der Waals surface area contributed by atoms with Crippen molar-refractivity contribution in [1.82, 2.24) is 5.32 Å². The van der Waals surface area contributed by atoms with Crippen LogP contribution >= 0.6 is 11.6 Å². The number of hydrogen-bond acceptors (Lipinski definition) is 3. The molecule has 122 valence electrons. The van der Waals surface area contributed by atoms with Crippen molar-refractivity contribution in [2.45, 2.75) is 13.3 Å².